The molecule has 0 aromatic rings. The standard InChI is InChI=1S/C48H76O14P2/c1-3-5-7-9-11-13-15-17-18-19-20-21-22-24-26-28-30-32-34-38-47(51)58-42-46(43-61-64(56,57)60-41-45(50)40-59-63(53,54)55)62-48(52)39-35-37-44(49)36-33-31-29-27-25-23-16-14-12-10-8-6-4-2/h11-14,17-18,20-21,23-26,29-33,36,45-46,50H,3-10,15-16,19,22,27-28,34-35,37-43H2,1-2H3,(H,56,57)(H2,53,54,55)/b13-11-,14-12-,18-17-,21-20-,25-23-,26-24-,31-29-,32-30-,36-33+/t45-,46+/m0/s1. The number of carbonyl (C=O) groups excluding carboxylic acids is 3. The first-order valence-electron chi connectivity index (χ1n) is 22.5. The number of rotatable bonds is 41. The average Bonchev–Trinajstić information content (AvgIpc) is 3.25. The fourth-order valence-electron chi connectivity index (χ4n) is 5.16. The molecule has 4 N–H and O–H groups in total. The minimum atomic E-state index is -4.90. The number of phosphoric acid groups is 2. The van der Waals surface area contributed by atoms with Gasteiger partial charge in [-0.25, -0.2) is 9.13 Å². The fourth-order valence-corrected chi connectivity index (χ4v) is 6.32. The smallest absolute Gasteiger partial charge is 0.462 e. The van der Waals surface area contributed by atoms with Gasteiger partial charge in [-0.3, -0.25) is 28.0 Å². The fraction of sp³-hybridized carbons (Fsp3) is 0.562. The summed E-state index contributed by atoms with van der Waals surface area (Å²) < 4.78 is 47.5. The lowest BCUT2D eigenvalue weighted by Gasteiger charge is -2.20. The van der Waals surface area contributed by atoms with E-state index in [1.165, 1.54) is 44.6 Å². The van der Waals surface area contributed by atoms with E-state index < -0.39 is 66.2 Å². The third-order valence-electron chi connectivity index (χ3n) is 8.61. The van der Waals surface area contributed by atoms with Gasteiger partial charge in [0.2, 0.25) is 0 Å². The molecule has 362 valence electrons. The molecule has 14 nitrogen and oxygen atoms in total. The molecule has 0 saturated heterocycles. The van der Waals surface area contributed by atoms with Crippen LogP contribution in [0.5, 0.6) is 0 Å². The van der Waals surface area contributed by atoms with Crippen molar-refractivity contribution in [1.29, 1.82) is 0 Å². The molecule has 0 aliphatic carbocycles. The van der Waals surface area contributed by atoms with E-state index in [2.05, 4.69) is 83.7 Å². The van der Waals surface area contributed by atoms with Crippen LogP contribution in [0.2, 0.25) is 0 Å². The Morgan fingerprint density at radius 1 is 0.500 bits per heavy atom. The quantitative estimate of drug-likeness (QED) is 0.0112. The van der Waals surface area contributed by atoms with Crippen LogP contribution in [-0.4, -0.2) is 76.1 Å². The number of unbranched alkanes of at least 4 members (excludes halogenated alkanes) is 6. The highest BCUT2D eigenvalue weighted by atomic mass is 31.2. The molecule has 3 atom stereocenters. The normalized spacial score (nSPS) is 14.8. The van der Waals surface area contributed by atoms with Gasteiger partial charge < -0.3 is 29.3 Å². The Labute approximate surface area is 382 Å². The molecule has 0 saturated carbocycles. The van der Waals surface area contributed by atoms with Crippen LogP contribution in [0, 0.1) is 0 Å². The molecule has 0 aliphatic heterocycles. The molecule has 0 aliphatic rings. The molecule has 0 rings (SSSR count). The SMILES string of the molecule is CCCCC/C=C\C/C=C\C/C=C\C=C\C(=O)CCCC(=O)O[C@H](COC(=O)CC/C=C\C/C=C\C/C=C\C/C=C\C/C=C\CCCCC)COP(=O)(O)OC[C@@H](O)COP(=O)(O)O. The van der Waals surface area contributed by atoms with E-state index in [0.717, 1.165) is 44.9 Å². The van der Waals surface area contributed by atoms with E-state index in [-0.39, 0.29) is 31.5 Å². The van der Waals surface area contributed by atoms with Crippen molar-refractivity contribution >= 4 is 33.4 Å². The minimum Gasteiger partial charge on any atom is -0.462 e. The first-order valence-corrected chi connectivity index (χ1v) is 25.6. The third-order valence-corrected chi connectivity index (χ3v) is 10.1. The molecule has 1 unspecified atom stereocenters. The predicted molar refractivity (Wildman–Crippen MR) is 253 cm³/mol. The zero-order valence-electron chi connectivity index (χ0n) is 38.1. The molecule has 0 spiro atoms. The second kappa shape index (κ2) is 42.1. The average molecular weight is 939 g/mol. The lowest BCUT2D eigenvalue weighted by Crippen LogP contribution is -2.30. The van der Waals surface area contributed by atoms with E-state index in [1.54, 1.807) is 12.2 Å². The second-order valence-electron chi connectivity index (χ2n) is 14.6. The van der Waals surface area contributed by atoms with Crippen molar-refractivity contribution in [3.8, 4) is 0 Å². The highest BCUT2D eigenvalue weighted by Gasteiger charge is 2.28. The van der Waals surface area contributed by atoms with Gasteiger partial charge in [0.1, 0.15) is 12.7 Å². The van der Waals surface area contributed by atoms with Crippen molar-refractivity contribution in [1.82, 2.24) is 0 Å². The van der Waals surface area contributed by atoms with Crippen LogP contribution >= 0.6 is 15.6 Å². The monoisotopic (exact) mass is 938 g/mol. The minimum absolute atomic E-state index is 0.0151. The first kappa shape index (κ1) is 60.5. The van der Waals surface area contributed by atoms with Crippen molar-refractivity contribution in [2.75, 3.05) is 26.4 Å². The summed E-state index contributed by atoms with van der Waals surface area (Å²) in [5.74, 6) is -1.59. The molecule has 0 radical (unpaired) electrons. The van der Waals surface area contributed by atoms with Crippen molar-refractivity contribution in [3.05, 3.63) is 109 Å². The summed E-state index contributed by atoms with van der Waals surface area (Å²) in [6.07, 6.45) is 48.2. The number of aliphatic hydroxyl groups excluding tert-OH is 1. The number of phosphoric ester groups is 2. The van der Waals surface area contributed by atoms with Crippen molar-refractivity contribution < 1.29 is 66.3 Å². The van der Waals surface area contributed by atoms with Gasteiger partial charge in [0.25, 0.3) is 0 Å². The molecule has 0 aromatic carbocycles. The summed E-state index contributed by atoms with van der Waals surface area (Å²) in [6, 6.07) is 0. The maximum absolute atomic E-state index is 12.7. The Morgan fingerprint density at radius 2 is 0.969 bits per heavy atom. The Morgan fingerprint density at radius 3 is 1.48 bits per heavy atom. The molecule has 0 amide bonds. The summed E-state index contributed by atoms with van der Waals surface area (Å²) in [5.41, 5.74) is 0. The Bertz CT molecular complexity index is 1600. The summed E-state index contributed by atoms with van der Waals surface area (Å²) in [4.78, 5) is 65.0. The zero-order chi connectivity index (χ0) is 47.4. The molecule has 0 aromatic heterocycles. The second-order valence-corrected chi connectivity index (χ2v) is 17.3. The first-order chi connectivity index (χ1) is 30.8. The molecule has 0 bridgehead atoms. The van der Waals surface area contributed by atoms with Crippen LogP contribution in [-0.2, 0) is 46.6 Å². The van der Waals surface area contributed by atoms with E-state index in [0.29, 0.717) is 12.8 Å². The van der Waals surface area contributed by atoms with E-state index >= 15 is 0 Å². The van der Waals surface area contributed by atoms with Crippen LogP contribution in [0.25, 0.3) is 0 Å². The maximum atomic E-state index is 12.7. The Kier molecular flexibility index (Phi) is 39.8. The molecule has 0 heterocycles. The van der Waals surface area contributed by atoms with Gasteiger partial charge in [0.05, 0.1) is 19.8 Å². The van der Waals surface area contributed by atoms with Crippen LogP contribution in [0.1, 0.15) is 136 Å². The number of esters is 2. The number of allylic oxidation sites excluding steroid dienone is 18. The number of hydrogen-bond acceptors (Lipinski definition) is 11. The molecular weight excluding hydrogens is 862 g/mol. The molecular formula is C48H76O14P2. The Balaban J connectivity index is 4.83. The lowest BCUT2D eigenvalue weighted by atomic mass is 10.1. The van der Waals surface area contributed by atoms with Crippen molar-refractivity contribution in [2.45, 2.75) is 148 Å². The molecule has 16 heteroatoms. The predicted octanol–water partition coefficient (Wildman–Crippen LogP) is 11.1. The largest absolute Gasteiger partial charge is 0.472 e. The van der Waals surface area contributed by atoms with Gasteiger partial charge >= 0.3 is 27.6 Å². The molecule has 0 fully saturated rings. The number of hydrogen-bond donors (Lipinski definition) is 4. The topological polar surface area (TPSA) is 212 Å². The van der Waals surface area contributed by atoms with Crippen LogP contribution in [0.4, 0.5) is 0 Å². The lowest BCUT2D eigenvalue weighted by molar-refractivity contribution is -0.161. The van der Waals surface area contributed by atoms with Gasteiger partial charge in [-0.2, -0.15) is 0 Å². The van der Waals surface area contributed by atoms with E-state index in [4.69, 9.17) is 23.8 Å². The van der Waals surface area contributed by atoms with Crippen molar-refractivity contribution in [3.63, 3.8) is 0 Å². The summed E-state index contributed by atoms with van der Waals surface area (Å²) in [5, 5.41) is 9.75. The van der Waals surface area contributed by atoms with Gasteiger partial charge in [0, 0.05) is 19.3 Å². The van der Waals surface area contributed by atoms with Crippen LogP contribution in [0.3, 0.4) is 0 Å². The number of ether oxygens (including phenoxy) is 2. The van der Waals surface area contributed by atoms with E-state index in [1.807, 2.05) is 30.4 Å². The summed E-state index contributed by atoms with van der Waals surface area (Å²) >= 11 is 0. The molecule has 64 heavy (non-hydrogen) atoms. The summed E-state index contributed by atoms with van der Waals surface area (Å²) in [6.45, 7) is 1.33. The van der Waals surface area contributed by atoms with Gasteiger partial charge in [0.15, 0.2) is 11.9 Å². The highest BCUT2D eigenvalue weighted by molar-refractivity contribution is 7.47. The van der Waals surface area contributed by atoms with Crippen LogP contribution < -0.4 is 0 Å². The van der Waals surface area contributed by atoms with E-state index in [9.17, 15) is 33.5 Å². The van der Waals surface area contributed by atoms with Crippen LogP contribution in [0.15, 0.2) is 109 Å². The number of carbonyl (C=O) groups is 3. The number of ketones is 1. The van der Waals surface area contributed by atoms with Gasteiger partial charge in [-0.05, 0) is 83.1 Å². The third kappa shape index (κ3) is 45.0. The van der Waals surface area contributed by atoms with Crippen molar-refractivity contribution in [2.24, 2.45) is 0 Å². The summed E-state index contributed by atoms with van der Waals surface area (Å²) in [7, 11) is -9.80. The maximum Gasteiger partial charge on any atom is 0.472 e. The van der Waals surface area contributed by atoms with Gasteiger partial charge in [-0.1, -0.05) is 143 Å². The Hall–Kier alpha value is -3.55. The highest BCUT2D eigenvalue weighted by Crippen LogP contribution is 2.43. The van der Waals surface area contributed by atoms with Gasteiger partial charge in [-0.15, -0.1) is 0 Å². The number of aliphatic hydroxyl groups is 1. The zero-order valence-corrected chi connectivity index (χ0v) is 39.9.